The molecule has 1 heterocycles. The van der Waals surface area contributed by atoms with Gasteiger partial charge in [-0.3, -0.25) is 14.9 Å². The minimum atomic E-state index is -0.551. The quantitative estimate of drug-likeness (QED) is 0.474. The van der Waals surface area contributed by atoms with Crippen LogP contribution >= 0.6 is 0 Å². The van der Waals surface area contributed by atoms with Crippen LogP contribution in [0.3, 0.4) is 0 Å². The van der Waals surface area contributed by atoms with Gasteiger partial charge in [0.05, 0.1) is 16.5 Å². The van der Waals surface area contributed by atoms with E-state index in [-0.39, 0.29) is 29.8 Å². The fraction of sp³-hybridized carbons (Fsp3) is 0.136. The summed E-state index contributed by atoms with van der Waals surface area (Å²) < 4.78 is 16.5. The van der Waals surface area contributed by atoms with E-state index < -0.39 is 10.8 Å². The summed E-state index contributed by atoms with van der Waals surface area (Å²) in [5, 5.41) is 14.1. The number of non-ortho nitro benzene ring substituents is 1. The van der Waals surface area contributed by atoms with E-state index in [1.54, 1.807) is 36.4 Å². The van der Waals surface area contributed by atoms with Crippen molar-refractivity contribution in [2.45, 2.75) is 13.0 Å². The third kappa shape index (κ3) is 4.02. The molecule has 0 fully saturated rings. The van der Waals surface area contributed by atoms with Gasteiger partial charge in [0.1, 0.15) is 11.5 Å². The molecule has 0 radical (unpaired) electrons. The number of hydrogen-bond acceptors (Lipinski definition) is 6. The standard InChI is InChI=1S/C22H18N2O6/c1-14(15-7-9-20-21(11-15)29-13-28-20)23-22(25)18-12-16(24(26)27)8-10-19(18)30-17-5-3-2-4-6-17/h2-12,14H,13H2,1H3,(H,23,25). The molecule has 0 spiro atoms. The monoisotopic (exact) mass is 406 g/mol. The average Bonchev–Trinajstić information content (AvgIpc) is 3.22. The van der Waals surface area contributed by atoms with Crippen molar-refractivity contribution in [1.82, 2.24) is 5.32 Å². The molecule has 1 atom stereocenters. The molecule has 0 saturated heterocycles. The number of carbonyl (C=O) groups excluding carboxylic acids is 1. The maximum atomic E-state index is 13.0. The van der Waals surface area contributed by atoms with Gasteiger partial charge in [-0.2, -0.15) is 0 Å². The minimum absolute atomic E-state index is 0.0700. The summed E-state index contributed by atoms with van der Waals surface area (Å²) >= 11 is 0. The molecule has 1 unspecified atom stereocenters. The van der Waals surface area contributed by atoms with E-state index in [2.05, 4.69) is 5.32 Å². The zero-order valence-electron chi connectivity index (χ0n) is 16.0. The number of ether oxygens (including phenoxy) is 3. The minimum Gasteiger partial charge on any atom is -0.457 e. The molecule has 3 aromatic rings. The van der Waals surface area contributed by atoms with Crippen LogP contribution < -0.4 is 19.5 Å². The average molecular weight is 406 g/mol. The lowest BCUT2D eigenvalue weighted by Crippen LogP contribution is -2.27. The molecule has 8 heteroatoms. The Morgan fingerprint density at radius 1 is 1.07 bits per heavy atom. The van der Waals surface area contributed by atoms with Gasteiger partial charge in [-0.15, -0.1) is 0 Å². The molecule has 0 bridgehead atoms. The lowest BCUT2D eigenvalue weighted by molar-refractivity contribution is -0.384. The second-order valence-corrected chi connectivity index (χ2v) is 6.66. The van der Waals surface area contributed by atoms with Crippen LogP contribution in [0.15, 0.2) is 66.7 Å². The van der Waals surface area contributed by atoms with Crippen LogP contribution in [-0.4, -0.2) is 17.6 Å². The zero-order valence-corrected chi connectivity index (χ0v) is 16.0. The second-order valence-electron chi connectivity index (χ2n) is 6.66. The summed E-state index contributed by atoms with van der Waals surface area (Å²) in [6, 6.07) is 17.8. The van der Waals surface area contributed by atoms with E-state index in [1.165, 1.54) is 18.2 Å². The maximum absolute atomic E-state index is 13.0. The van der Waals surface area contributed by atoms with E-state index in [0.717, 1.165) is 5.56 Å². The lowest BCUT2D eigenvalue weighted by atomic mass is 10.1. The van der Waals surface area contributed by atoms with Crippen LogP contribution in [0.25, 0.3) is 0 Å². The van der Waals surface area contributed by atoms with Gasteiger partial charge in [-0.1, -0.05) is 24.3 Å². The Morgan fingerprint density at radius 2 is 1.83 bits per heavy atom. The van der Waals surface area contributed by atoms with Gasteiger partial charge < -0.3 is 19.5 Å². The van der Waals surface area contributed by atoms with Crippen molar-refractivity contribution in [1.29, 1.82) is 0 Å². The number of para-hydroxylation sites is 1. The third-order valence-electron chi connectivity index (χ3n) is 4.63. The summed E-state index contributed by atoms with van der Waals surface area (Å²) in [4.78, 5) is 23.6. The van der Waals surface area contributed by atoms with E-state index in [1.807, 2.05) is 19.1 Å². The largest absolute Gasteiger partial charge is 0.457 e. The second kappa shape index (κ2) is 8.12. The van der Waals surface area contributed by atoms with Crippen molar-refractivity contribution in [2.24, 2.45) is 0 Å². The highest BCUT2D eigenvalue weighted by Crippen LogP contribution is 2.34. The van der Waals surface area contributed by atoms with Crippen LogP contribution in [0.1, 0.15) is 28.9 Å². The van der Waals surface area contributed by atoms with Crippen LogP contribution in [-0.2, 0) is 0 Å². The highest BCUT2D eigenvalue weighted by Gasteiger charge is 2.22. The fourth-order valence-electron chi connectivity index (χ4n) is 3.05. The number of benzene rings is 3. The van der Waals surface area contributed by atoms with E-state index in [9.17, 15) is 14.9 Å². The van der Waals surface area contributed by atoms with Gasteiger partial charge >= 0.3 is 0 Å². The first-order chi connectivity index (χ1) is 14.5. The molecular formula is C22H18N2O6. The SMILES string of the molecule is CC(NC(=O)c1cc([N+](=O)[O-])ccc1Oc1ccccc1)c1ccc2c(c1)OCO2. The number of nitrogens with one attached hydrogen (secondary N) is 1. The summed E-state index contributed by atoms with van der Waals surface area (Å²) in [7, 11) is 0. The van der Waals surface area contributed by atoms with Crippen molar-refractivity contribution in [3.05, 3.63) is 88.0 Å². The van der Waals surface area contributed by atoms with Gasteiger partial charge in [0, 0.05) is 12.1 Å². The number of rotatable bonds is 6. The van der Waals surface area contributed by atoms with Crippen molar-refractivity contribution < 1.29 is 23.9 Å². The molecule has 1 amide bonds. The van der Waals surface area contributed by atoms with Crippen molar-refractivity contribution >= 4 is 11.6 Å². The normalized spacial score (nSPS) is 12.8. The zero-order chi connectivity index (χ0) is 21.1. The first-order valence-electron chi connectivity index (χ1n) is 9.23. The van der Waals surface area contributed by atoms with Gasteiger partial charge in [0.15, 0.2) is 11.5 Å². The lowest BCUT2D eigenvalue weighted by Gasteiger charge is -2.16. The summed E-state index contributed by atoms with van der Waals surface area (Å²) in [6.07, 6.45) is 0. The summed E-state index contributed by atoms with van der Waals surface area (Å²) in [5.41, 5.74) is 0.681. The van der Waals surface area contributed by atoms with Gasteiger partial charge in [0.2, 0.25) is 6.79 Å². The number of amides is 1. The maximum Gasteiger partial charge on any atom is 0.270 e. The molecule has 1 N–H and O–H groups in total. The molecule has 152 valence electrons. The summed E-state index contributed by atoms with van der Waals surface area (Å²) in [6.45, 7) is 1.97. The number of fused-ring (bicyclic) bond motifs is 1. The highest BCUT2D eigenvalue weighted by atomic mass is 16.7. The smallest absolute Gasteiger partial charge is 0.270 e. The van der Waals surface area contributed by atoms with Crippen molar-refractivity contribution in [2.75, 3.05) is 6.79 Å². The van der Waals surface area contributed by atoms with Gasteiger partial charge in [-0.05, 0) is 42.8 Å². The first kappa shape index (κ1) is 19.3. The number of nitro benzene ring substituents is 1. The molecule has 30 heavy (non-hydrogen) atoms. The molecule has 1 aliphatic rings. The molecule has 0 saturated carbocycles. The Labute approximate surface area is 172 Å². The predicted octanol–water partition coefficient (Wildman–Crippen LogP) is 4.61. The topological polar surface area (TPSA) is 99.9 Å². The van der Waals surface area contributed by atoms with Gasteiger partial charge in [-0.25, -0.2) is 0 Å². The Bertz CT molecular complexity index is 1100. The van der Waals surface area contributed by atoms with E-state index in [0.29, 0.717) is 17.2 Å². The van der Waals surface area contributed by atoms with Crippen LogP contribution in [0.2, 0.25) is 0 Å². The predicted molar refractivity (Wildman–Crippen MR) is 108 cm³/mol. The first-order valence-corrected chi connectivity index (χ1v) is 9.23. The highest BCUT2D eigenvalue weighted by molar-refractivity contribution is 5.98. The molecular weight excluding hydrogens is 388 g/mol. The Morgan fingerprint density at radius 3 is 2.60 bits per heavy atom. The molecule has 0 aromatic heterocycles. The van der Waals surface area contributed by atoms with Crippen molar-refractivity contribution in [3.63, 3.8) is 0 Å². The van der Waals surface area contributed by atoms with Crippen LogP contribution in [0.4, 0.5) is 5.69 Å². The number of hydrogen-bond donors (Lipinski definition) is 1. The van der Waals surface area contributed by atoms with Gasteiger partial charge in [0.25, 0.3) is 11.6 Å². The molecule has 3 aromatic carbocycles. The van der Waals surface area contributed by atoms with E-state index in [4.69, 9.17) is 14.2 Å². The Kier molecular flexibility index (Phi) is 5.21. The van der Waals surface area contributed by atoms with E-state index >= 15 is 0 Å². The molecule has 4 rings (SSSR count). The number of nitrogens with zero attached hydrogens (tertiary/aromatic N) is 1. The summed E-state index contributed by atoms with van der Waals surface area (Å²) in [5.74, 6) is 1.51. The van der Waals surface area contributed by atoms with Crippen molar-refractivity contribution in [3.8, 4) is 23.0 Å². The van der Waals surface area contributed by atoms with Crippen LogP contribution in [0.5, 0.6) is 23.0 Å². The molecule has 8 nitrogen and oxygen atoms in total. The third-order valence-corrected chi connectivity index (χ3v) is 4.63. The van der Waals surface area contributed by atoms with Crippen LogP contribution in [0, 0.1) is 10.1 Å². The molecule has 0 aliphatic carbocycles. The number of carbonyl (C=O) groups is 1. The Hall–Kier alpha value is -4.07. The molecule has 1 aliphatic heterocycles. The fourth-order valence-corrected chi connectivity index (χ4v) is 3.05. The Balaban J connectivity index is 1.59. The number of nitro groups is 1.